The van der Waals surface area contributed by atoms with Crippen LogP contribution in [-0.2, 0) is 0 Å². The Balaban J connectivity index is 1.44. The molecule has 0 bridgehead atoms. The molecule has 5 rings (SSSR count). The van der Waals surface area contributed by atoms with Crippen LogP contribution in [0.1, 0.15) is 12.8 Å². The molecular weight excluding hydrogens is 376 g/mol. The Kier molecular flexibility index (Phi) is 4.96. The van der Waals surface area contributed by atoms with E-state index in [1.165, 1.54) is 0 Å². The van der Waals surface area contributed by atoms with Crippen LogP contribution in [-0.4, -0.2) is 29.7 Å². The van der Waals surface area contributed by atoms with E-state index in [1.807, 2.05) is 48.7 Å². The van der Waals surface area contributed by atoms with Gasteiger partial charge in [-0.15, -0.1) is 0 Å². The van der Waals surface area contributed by atoms with Crippen molar-refractivity contribution in [1.82, 2.24) is 15.3 Å². The summed E-state index contributed by atoms with van der Waals surface area (Å²) in [4.78, 5) is 11.4. The van der Waals surface area contributed by atoms with Gasteiger partial charge in [0.1, 0.15) is 17.2 Å². The zero-order valence-electron chi connectivity index (χ0n) is 16.5. The molecule has 2 N–H and O–H groups in total. The molecular formula is C24H22N4O2. The number of nitrogens with zero attached hydrogens (tertiary/aromatic N) is 2. The topological polar surface area (TPSA) is 63.5 Å². The third-order valence-corrected chi connectivity index (χ3v) is 5.59. The third kappa shape index (κ3) is 3.68. The smallest absolute Gasteiger partial charge is 0.229 e. The molecule has 0 aliphatic carbocycles. The van der Waals surface area contributed by atoms with Gasteiger partial charge in [0.2, 0.25) is 5.69 Å². The molecule has 0 atom stereocenters. The maximum absolute atomic E-state index is 7.62. The number of benzene rings is 2. The van der Waals surface area contributed by atoms with E-state index >= 15 is 0 Å². The largest absolute Gasteiger partial charge is 0.504 e. The van der Waals surface area contributed by atoms with Gasteiger partial charge in [-0.25, -0.2) is 4.85 Å². The second-order valence-corrected chi connectivity index (χ2v) is 7.59. The van der Waals surface area contributed by atoms with E-state index < -0.39 is 0 Å². The van der Waals surface area contributed by atoms with Gasteiger partial charge in [-0.05, 0) is 74.3 Å². The highest BCUT2D eigenvalue weighted by Gasteiger charge is 2.16. The van der Waals surface area contributed by atoms with Crippen LogP contribution in [0.4, 0.5) is 5.69 Å². The van der Waals surface area contributed by atoms with Crippen LogP contribution in [0.3, 0.4) is 0 Å². The molecule has 1 saturated heterocycles. The maximum atomic E-state index is 7.62. The number of piperidine rings is 1. The Hall–Kier alpha value is -3.56. The van der Waals surface area contributed by atoms with Gasteiger partial charge in [-0.3, -0.25) is 4.98 Å². The van der Waals surface area contributed by atoms with Gasteiger partial charge in [-0.1, -0.05) is 0 Å². The van der Waals surface area contributed by atoms with E-state index in [-0.39, 0.29) is 0 Å². The molecule has 1 aliphatic rings. The van der Waals surface area contributed by atoms with Gasteiger partial charge in [0.25, 0.3) is 0 Å². The number of rotatable bonds is 5. The van der Waals surface area contributed by atoms with Crippen molar-refractivity contribution in [1.29, 1.82) is 0 Å². The second-order valence-electron chi connectivity index (χ2n) is 7.59. The summed E-state index contributed by atoms with van der Waals surface area (Å²) in [6.45, 7) is 10.3. The fourth-order valence-corrected chi connectivity index (χ4v) is 3.91. The molecule has 0 unspecified atom stereocenters. The summed E-state index contributed by atoms with van der Waals surface area (Å²) < 4.78 is 12.2. The minimum absolute atomic E-state index is 0.482. The van der Waals surface area contributed by atoms with E-state index in [0.29, 0.717) is 29.7 Å². The first-order valence-electron chi connectivity index (χ1n) is 10.2. The molecule has 2 aromatic heterocycles. The fraction of sp³-hybridized carbons (Fsp3) is 0.250. The van der Waals surface area contributed by atoms with Crippen molar-refractivity contribution >= 4 is 27.5 Å². The highest BCUT2D eigenvalue weighted by atomic mass is 16.5. The highest BCUT2D eigenvalue weighted by molar-refractivity contribution is 5.91. The Labute approximate surface area is 174 Å². The van der Waals surface area contributed by atoms with Crippen LogP contribution in [0.2, 0.25) is 0 Å². The minimum atomic E-state index is 0.482. The molecule has 4 aromatic rings. The average molecular weight is 398 g/mol. The Morgan fingerprint density at radius 1 is 1.07 bits per heavy atom. The van der Waals surface area contributed by atoms with Crippen LogP contribution < -0.4 is 14.8 Å². The first-order chi connectivity index (χ1) is 14.8. The zero-order chi connectivity index (χ0) is 20.3. The lowest BCUT2D eigenvalue weighted by molar-refractivity contribution is 0.216. The molecule has 0 radical (unpaired) electrons. The van der Waals surface area contributed by atoms with E-state index in [1.54, 1.807) is 6.20 Å². The molecule has 150 valence electrons. The molecule has 6 nitrogen and oxygen atoms in total. The Bertz CT molecular complexity index is 1240. The van der Waals surface area contributed by atoms with Crippen molar-refractivity contribution in [2.75, 3.05) is 19.7 Å². The summed E-state index contributed by atoms with van der Waals surface area (Å²) in [5, 5.41) is 5.25. The molecule has 2 aromatic carbocycles. The number of aromatic amines is 1. The van der Waals surface area contributed by atoms with Crippen molar-refractivity contribution < 1.29 is 9.47 Å². The van der Waals surface area contributed by atoms with E-state index in [4.69, 9.17) is 16.0 Å². The predicted molar refractivity (Wildman–Crippen MR) is 117 cm³/mol. The van der Waals surface area contributed by atoms with Gasteiger partial charge in [0.15, 0.2) is 0 Å². The van der Waals surface area contributed by atoms with Crippen molar-refractivity contribution in [3.63, 3.8) is 0 Å². The molecule has 0 saturated carbocycles. The number of ether oxygens (including phenoxy) is 2. The normalized spacial score (nSPS) is 14.6. The third-order valence-electron chi connectivity index (χ3n) is 5.59. The van der Waals surface area contributed by atoms with Crippen molar-refractivity contribution in [3.8, 4) is 17.2 Å². The number of fused-ring (bicyclic) bond motifs is 2. The van der Waals surface area contributed by atoms with Crippen LogP contribution in [0.5, 0.6) is 17.2 Å². The predicted octanol–water partition coefficient (Wildman–Crippen LogP) is 5.44. The van der Waals surface area contributed by atoms with Crippen molar-refractivity contribution in [2.24, 2.45) is 5.92 Å². The SMILES string of the molecule is [C-]#[N+]c1cc2c(Oc3ccc4[nH]ccc4c3)ccnc2cc1OCC1CCNCC1. The van der Waals surface area contributed by atoms with Crippen LogP contribution >= 0.6 is 0 Å². The number of hydrogen-bond donors (Lipinski definition) is 2. The summed E-state index contributed by atoms with van der Waals surface area (Å²) >= 11 is 0. The molecule has 30 heavy (non-hydrogen) atoms. The first-order valence-corrected chi connectivity index (χ1v) is 10.2. The fourth-order valence-electron chi connectivity index (χ4n) is 3.91. The van der Waals surface area contributed by atoms with Gasteiger partial charge in [0.05, 0.1) is 18.7 Å². The summed E-state index contributed by atoms with van der Waals surface area (Å²) in [5.74, 6) is 2.52. The van der Waals surface area contributed by atoms with Crippen LogP contribution in [0.25, 0.3) is 26.7 Å². The molecule has 0 spiro atoms. The highest BCUT2D eigenvalue weighted by Crippen LogP contribution is 2.38. The van der Waals surface area contributed by atoms with E-state index in [0.717, 1.165) is 53.5 Å². The summed E-state index contributed by atoms with van der Waals surface area (Å²) in [6, 6.07) is 13.4. The Morgan fingerprint density at radius 2 is 1.97 bits per heavy atom. The Morgan fingerprint density at radius 3 is 2.83 bits per heavy atom. The van der Waals surface area contributed by atoms with Gasteiger partial charge < -0.3 is 19.8 Å². The number of H-pyrrole nitrogens is 1. The van der Waals surface area contributed by atoms with Crippen molar-refractivity contribution in [3.05, 3.63) is 66.3 Å². The lowest BCUT2D eigenvalue weighted by atomic mass is 9.99. The number of hydrogen-bond acceptors (Lipinski definition) is 4. The summed E-state index contributed by atoms with van der Waals surface area (Å²) in [6.07, 6.45) is 5.83. The van der Waals surface area contributed by atoms with Crippen molar-refractivity contribution in [2.45, 2.75) is 12.8 Å². The first kappa shape index (κ1) is 18.5. The summed E-state index contributed by atoms with van der Waals surface area (Å²) in [5.41, 5.74) is 2.30. The van der Waals surface area contributed by atoms with Crippen LogP contribution in [0, 0.1) is 12.5 Å². The average Bonchev–Trinajstić information content (AvgIpc) is 3.26. The van der Waals surface area contributed by atoms with E-state index in [2.05, 4.69) is 20.1 Å². The lowest BCUT2D eigenvalue weighted by Crippen LogP contribution is -2.30. The standard InChI is InChI=1S/C24H22N4O2/c1-25-22-13-19-21(14-24(22)29-15-16-4-8-26-9-5-16)28-11-7-23(19)30-18-2-3-20-17(12-18)6-10-27-20/h2-3,6-7,10-14,16,26-27H,4-5,8-9,15H2. The molecule has 6 heteroatoms. The quantitative estimate of drug-likeness (QED) is 0.440. The summed E-state index contributed by atoms with van der Waals surface area (Å²) in [7, 11) is 0. The monoisotopic (exact) mass is 398 g/mol. The lowest BCUT2D eigenvalue weighted by Gasteiger charge is -2.23. The number of nitrogens with one attached hydrogen (secondary N) is 2. The zero-order valence-corrected chi connectivity index (χ0v) is 16.5. The molecule has 3 heterocycles. The molecule has 1 fully saturated rings. The van der Waals surface area contributed by atoms with E-state index in [9.17, 15) is 0 Å². The van der Waals surface area contributed by atoms with Gasteiger partial charge in [-0.2, -0.15) is 0 Å². The van der Waals surface area contributed by atoms with Crippen LogP contribution in [0.15, 0.2) is 54.9 Å². The maximum Gasteiger partial charge on any atom is 0.229 e. The number of aromatic nitrogens is 2. The van der Waals surface area contributed by atoms with Gasteiger partial charge in [0, 0.05) is 28.7 Å². The molecule has 1 aliphatic heterocycles. The second kappa shape index (κ2) is 8.05. The number of pyridine rings is 1. The minimum Gasteiger partial charge on any atom is -0.504 e. The van der Waals surface area contributed by atoms with Gasteiger partial charge >= 0.3 is 0 Å². The molecule has 0 amide bonds.